The first-order valence-electron chi connectivity index (χ1n) is 6.45. The Morgan fingerprint density at radius 2 is 2.19 bits per heavy atom. The highest BCUT2D eigenvalue weighted by atomic mass is 16.5. The summed E-state index contributed by atoms with van der Waals surface area (Å²) >= 11 is 0. The number of hydrogen-bond donors (Lipinski definition) is 1. The van der Waals surface area contributed by atoms with Crippen LogP contribution < -0.4 is 9.47 Å². The third kappa shape index (κ3) is 2.91. The van der Waals surface area contributed by atoms with Crippen LogP contribution in [0.2, 0.25) is 0 Å². The third-order valence-corrected chi connectivity index (χ3v) is 3.16. The van der Waals surface area contributed by atoms with Gasteiger partial charge in [-0.15, -0.1) is 10.2 Å². The lowest BCUT2D eigenvalue weighted by atomic mass is 10.3. The maximum absolute atomic E-state index is 12.1. The Bertz CT molecular complexity index is 600. The van der Waals surface area contributed by atoms with Gasteiger partial charge in [-0.2, -0.15) is 5.10 Å². The van der Waals surface area contributed by atoms with Crippen molar-refractivity contribution in [2.24, 2.45) is 0 Å². The topological polar surface area (TPSA) is 106 Å². The first-order valence-corrected chi connectivity index (χ1v) is 6.45. The van der Waals surface area contributed by atoms with Crippen molar-refractivity contribution in [3.63, 3.8) is 0 Å². The van der Waals surface area contributed by atoms with E-state index in [2.05, 4.69) is 25.4 Å². The van der Waals surface area contributed by atoms with Crippen molar-refractivity contribution in [2.75, 3.05) is 20.2 Å². The second-order valence-corrected chi connectivity index (χ2v) is 4.53. The number of ether oxygens (including phenoxy) is 2. The number of aromatic amines is 1. The molecule has 1 unspecified atom stereocenters. The number of likely N-dealkylation sites (tertiary alicyclic amines) is 1. The van der Waals surface area contributed by atoms with Gasteiger partial charge in [-0.3, -0.25) is 9.89 Å². The number of rotatable bonds is 4. The fourth-order valence-corrected chi connectivity index (χ4v) is 2.12. The van der Waals surface area contributed by atoms with E-state index in [9.17, 15) is 4.79 Å². The van der Waals surface area contributed by atoms with Gasteiger partial charge in [0.05, 0.1) is 13.7 Å². The van der Waals surface area contributed by atoms with Crippen LogP contribution in [0.1, 0.15) is 17.0 Å². The van der Waals surface area contributed by atoms with Gasteiger partial charge in [-0.05, 0) is 0 Å². The molecule has 1 aliphatic heterocycles. The smallest absolute Gasteiger partial charge is 0.291 e. The number of methoxy groups -OCH3 is 1. The lowest BCUT2D eigenvalue weighted by Crippen LogP contribution is -2.31. The Balaban J connectivity index is 1.58. The molecule has 0 aromatic carbocycles. The zero-order valence-corrected chi connectivity index (χ0v) is 11.4. The number of carbonyl (C=O) groups is 1. The molecular formula is C12H14N6O3. The highest BCUT2D eigenvalue weighted by molar-refractivity contribution is 5.90. The van der Waals surface area contributed by atoms with Gasteiger partial charge in [0.25, 0.3) is 5.91 Å². The molecule has 21 heavy (non-hydrogen) atoms. The van der Waals surface area contributed by atoms with Crippen LogP contribution in [0, 0.1) is 0 Å². The lowest BCUT2D eigenvalue weighted by molar-refractivity contribution is 0.0759. The Hall–Kier alpha value is -2.71. The number of aromatic nitrogens is 5. The van der Waals surface area contributed by atoms with E-state index in [0.717, 1.165) is 6.42 Å². The van der Waals surface area contributed by atoms with E-state index in [-0.39, 0.29) is 17.8 Å². The van der Waals surface area contributed by atoms with Crippen molar-refractivity contribution < 1.29 is 14.3 Å². The minimum absolute atomic E-state index is 0.112. The molecule has 1 fully saturated rings. The summed E-state index contributed by atoms with van der Waals surface area (Å²) in [6.45, 7) is 1.08. The molecule has 1 amide bonds. The van der Waals surface area contributed by atoms with Crippen molar-refractivity contribution in [3.05, 3.63) is 24.3 Å². The molecule has 1 aliphatic rings. The molecule has 0 saturated carbocycles. The molecule has 9 nitrogen and oxygen atoms in total. The molecule has 3 heterocycles. The number of amides is 1. The summed E-state index contributed by atoms with van der Waals surface area (Å²) in [5, 5.41) is 14.0. The van der Waals surface area contributed by atoms with Gasteiger partial charge < -0.3 is 14.4 Å². The van der Waals surface area contributed by atoms with Crippen molar-refractivity contribution in [2.45, 2.75) is 12.5 Å². The van der Waals surface area contributed by atoms with Gasteiger partial charge in [-0.1, -0.05) is 0 Å². The largest absolute Gasteiger partial charge is 0.480 e. The SMILES string of the molecule is COc1ccc(OC2CCN(C(=O)c3ncn[nH]3)C2)nn1. The van der Waals surface area contributed by atoms with E-state index in [1.54, 1.807) is 17.0 Å². The van der Waals surface area contributed by atoms with Crippen LogP contribution in [0.15, 0.2) is 18.5 Å². The zero-order valence-electron chi connectivity index (χ0n) is 11.4. The van der Waals surface area contributed by atoms with Gasteiger partial charge >= 0.3 is 0 Å². The molecule has 110 valence electrons. The molecule has 0 bridgehead atoms. The predicted octanol–water partition coefficient (Wildman–Crippen LogP) is -0.103. The maximum atomic E-state index is 12.1. The summed E-state index contributed by atoms with van der Waals surface area (Å²) in [5.74, 6) is 0.893. The molecule has 2 aromatic rings. The summed E-state index contributed by atoms with van der Waals surface area (Å²) in [4.78, 5) is 17.6. The first-order chi connectivity index (χ1) is 10.3. The fraction of sp³-hybridized carbons (Fsp3) is 0.417. The molecular weight excluding hydrogens is 276 g/mol. The number of carbonyl (C=O) groups excluding carboxylic acids is 1. The normalized spacial score (nSPS) is 17.8. The van der Waals surface area contributed by atoms with Crippen LogP contribution in [0.5, 0.6) is 11.8 Å². The molecule has 0 aliphatic carbocycles. The van der Waals surface area contributed by atoms with E-state index >= 15 is 0 Å². The van der Waals surface area contributed by atoms with Crippen molar-refractivity contribution >= 4 is 5.91 Å². The van der Waals surface area contributed by atoms with Gasteiger partial charge in [0, 0.05) is 25.1 Å². The Kier molecular flexibility index (Phi) is 3.63. The quantitative estimate of drug-likeness (QED) is 0.837. The standard InChI is InChI=1S/C12H14N6O3/c1-20-9-2-3-10(16-15-9)21-8-4-5-18(6-8)12(19)11-13-7-14-17-11/h2-3,7-8H,4-6H2,1H3,(H,13,14,17). The Morgan fingerprint density at radius 1 is 1.38 bits per heavy atom. The number of H-pyrrole nitrogens is 1. The number of nitrogens with one attached hydrogen (secondary N) is 1. The molecule has 9 heteroatoms. The van der Waals surface area contributed by atoms with Crippen molar-refractivity contribution in [1.29, 1.82) is 0 Å². The van der Waals surface area contributed by atoms with E-state index < -0.39 is 0 Å². The van der Waals surface area contributed by atoms with Crippen molar-refractivity contribution in [3.8, 4) is 11.8 Å². The van der Waals surface area contributed by atoms with Crippen LogP contribution in [0.25, 0.3) is 0 Å². The predicted molar refractivity (Wildman–Crippen MR) is 69.9 cm³/mol. The first kappa shape index (κ1) is 13.3. The van der Waals surface area contributed by atoms with Crippen molar-refractivity contribution in [1.82, 2.24) is 30.3 Å². The fourth-order valence-electron chi connectivity index (χ4n) is 2.12. The monoisotopic (exact) mass is 290 g/mol. The Labute approximate surface area is 120 Å². The molecule has 2 aromatic heterocycles. The summed E-state index contributed by atoms with van der Waals surface area (Å²) in [6.07, 6.45) is 1.93. The van der Waals surface area contributed by atoms with Crippen LogP contribution in [0.4, 0.5) is 0 Å². The number of hydrogen-bond acceptors (Lipinski definition) is 7. The molecule has 0 radical (unpaired) electrons. The van der Waals surface area contributed by atoms with Gasteiger partial charge in [0.15, 0.2) is 0 Å². The van der Waals surface area contributed by atoms with Gasteiger partial charge in [-0.25, -0.2) is 4.98 Å². The molecule has 1 N–H and O–H groups in total. The van der Waals surface area contributed by atoms with E-state index in [0.29, 0.717) is 24.8 Å². The second kappa shape index (κ2) is 5.73. The van der Waals surface area contributed by atoms with Crippen LogP contribution in [-0.2, 0) is 0 Å². The second-order valence-electron chi connectivity index (χ2n) is 4.53. The van der Waals surface area contributed by atoms with Gasteiger partial charge in [0.2, 0.25) is 17.6 Å². The molecule has 3 rings (SSSR count). The Morgan fingerprint density at radius 3 is 2.86 bits per heavy atom. The van der Waals surface area contributed by atoms with Crippen LogP contribution in [0.3, 0.4) is 0 Å². The highest BCUT2D eigenvalue weighted by Gasteiger charge is 2.29. The summed E-state index contributed by atoms with van der Waals surface area (Å²) in [6, 6.07) is 3.36. The lowest BCUT2D eigenvalue weighted by Gasteiger charge is -2.15. The maximum Gasteiger partial charge on any atom is 0.291 e. The molecule has 0 spiro atoms. The summed E-state index contributed by atoms with van der Waals surface area (Å²) < 4.78 is 10.6. The highest BCUT2D eigenvalue weighted by Crippen LogP contribution is 2.18. The average Bonchev–Trinajstić information content (AvgIpc) is 3.19. The average molecular weight is 290 g/mol. The zero-order chi connectivity index (χ0) is 14.7. The molecule has 1 saturated heterocycles. The van der Waals surface area contributed by atoms with Gasteiger partial charge in [0.1, 0.15) is 12.4 Å². The van der Waals surface area contributed by atoms with Crippen LogP contribution >= 0.6 is 0 Å². The minimum Gasteiger partial charge on any atom is -0.480 e. The molecule has 1 atom stereocenters. The van der Waals surface area contributed by atoms with Crippen LogP contribution in [-0.4, -0.2) is 62.5 Å². The number of nitrogens with zero attached hydrogens (tertiary/aromatic N) is 5. The van der Waals surface area contributed by atoms with E-state index in [1.807, 2.05) is 0 Å². The minimum atomic E-state index is -0.181. The summed E-state index contributed by atoms with van der Waals surface area (Å²) in [7, 11) is 1.52. The third-order valence-electron chi connectivity index (χ3n) is 3.16. The van der Waals surface area contributed by atoms with E-state index in [4.69, 9.17) is 9.47 Å². The summed E-state index contributed by atoms with van der Waals surface area (Å²) in [5.41, 5.74) is 0. The van der Waals surface area contributed by atoms with E-state index in [1.165, 1.54) is 13.4 Å².